The van der Waals surface area contributed by atoms with Gasteiger partial charge in [-0.05, 0) is 32.4 Å². The lowest BCUT2D eigenvalue weighted by atomic mass is 10.2. The maximum Gasteiger partial charge on any atom is 0.230 e. The molecule has 1 aromatic carbocycles. The highest BCUT2D eigenvalue weighted by molar-refractivity contribution is 7.99. The fraction of sp³-hybridized carbons (Fsp3) is 0.412. The van der Waals surface area contributed by atoms with E-state index >= 15 is 0 Å². The number of ether oxygens (including phenoxy) is 1. The smallest absolute Gasteiger partial charge is 0.230 e. The van der Waals surface area contributed by atoms with Crippen molar-refractivity contribution in [2.45, 2.75) is 31.4 Å². The van der Waals surface area contributed by atoms with Crippen molar-refractivity contribution in [3.63, 3.8) is 0 Å². The number of amides is 1. The summed E-state index contributed by atoms with van der Waals surface area (Å²) in [5.41, 5.74) is 0.957. The fourth-order valence-electron chi connectivity index (χ4n) is 1.94. The fourth-order valence-corrected chi connectivity index (χ4v) is 2.65. The SMILES string of the molecule is CC(C)OCCCNC(=O)CSc1ccc2ccccc2n1. The molecule has 0 saturated carbocycles. The number of pyridine rings is 1. The number of hydrogen-bond donors (Lipinski definition) is 1. The van der Waals surface area contributed by atoms with Crippen LogP contribution in [-0.2, 0) is 9.53 Å². The maximum absolute atomic E-state index is 11.8. The van der Waals surface area contributed by atoms with E-state index in [2.05, 4.69) is 10.3 Å². The van der Waals surface area contributed by atoms with E-state index < -0.39 is 0 Å². The maximum atomic E-state index is 11.8. The van der Waals surface area contributed by atoms with Crippen molar-refractivity contribution in [2.75, 3.05) is 18.9 Å². The van der Waals surface area contributed by atoms with Gasteiger partial charge in [0.1, 0.15) is 0 Å². The molecule has 4 nitrogen and oxygen atoms in total. The molecule has 1 heterocycles. The average Bonchev–Trinajstić information content (AvgIpc) is 2.52. The molecule has 0 radical (unpaired) electrons. The van der Waals surface area contributed by atoms with E-state index in [0.29, 0.717) is 18.9 Å². The molecular weight excluding hydrogens is 296 g/mol. The van der Waals surface area contributed by atoms with Crippen LogP contribution in [-0.4, -0.2) is 35.9 Å². The van der Waals surface area contributed by atoms with Crippen LogP contribution in [0.2, 0.25) is 0 Å². The van der Waals surface area contributed by atoms with Crippen LogP contribution in [0.5, 0.6) is 0 Å². The lowest BCUT2D eigenvalue weighted by Crippen LogP contribution is -2.27. The van der Waals surface area contributed by atoms with Crippen molar-refractivity contribution in [3.05, 3.63) is 36.4 Å². The highest BCUT2D eigenvalue weighted by atomic mass is 32.2. The Kier molecular flexibility index (Phi) is 6.68. The van der Waals surface area contributed by atoms with Crippen molar-refractivity contribution < 1.29 is 9.53 Å². The first kappa shape index (κ1) is 16.8. The third-order valence-electron chi connectivity index (χ3n) is 3.02. The van der Waals surface area contributed by atoms with Crippen molar-refractivity contribution in [2.24, 2.45) is 0 Å². The first-order chi connectivity index (χ1) is 10.6. The van der Waals surface area contributed by atoms with E-state index in [1.54, 1.807) is 0 Å². The molecule has 0 saturated heterocycles. The number of rotatable bonds is 8. The van der Waals surface area contributed by atoms with E-state index in [1.807, 2.05) is 50.2 Å². The van der Waals surface area contributed by atoms with Crippen molar-refractivity contribution >= 4 is 28.6 Å². The molecule has 2 rings (SSSR count). The van der Waals surface area contributed by atoms with Crippen LogP contribution in [0.25, 0.3) is 10.9 Å². The number of thioether (sulfide) groups is 1. The Balaban J connectivity index is 1.71. The average molecular weight is 318 g/mol. The third-order valence-corrected chi connectivity index (χ3v) is 3.95. The minimum atomic E-state index is 0.0319. The molecule has 1 aromatic heterocycles. The van der Waals surface area contributed by atoms with Gasteiger partial charge >= 0.3 is 0 Å². The summed E-state index contributed by atoms with van der Waals surface area (Å²) in [4.78, 5) is 16.3. The number of aromatic nitrogens is 1. The molecule has 0 aliphatic carbocycles. The highest BCUT2D eigenvalue weighted by Gasteiger charge is 2.04. The number of carbonyl (C=O) groups is 1. The van der Waals surface area contributed by atoms with Gasteiger partial charge in [-0.15, -0.1) is 0 Å². The Hall–Kier alpha value is -1.59. The van der Waals surface area contributed by atoms with Gasteiger partial charge in [0.2, 0.25) is 5.91 Å². The largest absolute Gasteiger partial charge is 0.379 e. The number of nitrogens with zero attached hydrogens (tertiary/aromatic N) is 1. The Bertz CT molecular complexity index is 616. The molecular formula is C17H22N2O2S. The Morgan fingerprint density at radius 2 is 2.09 bits per heavy atom. The number of nitrogens with one attached hydrogen (secondary N) is 1. The Morgan fingerprint density at radius 1 is 1.27 bits per heavy atom. The zero-order valence-corrected chi connectivity index (χ0v) is 13.9. The number of carbonyl (C=O) groups excluding carboxylic acids is 1. The molecule has 0 aliphatic heterocycles. The molecule has 0 aliphatic rings. The molecule has 0 fully saturated rings. The molecule has 22 heavy (non-hydrogen) atoms. The van der Waals surface area contributed by atoms with Crippen molar-refractivity contribution in [3.8, 4) is 0 Å². The monoisotopic (exact) mass is 318 g/mol. The first-order valence-corrected chi connectivity index (χ1v) is 8.50. The highest BCUT2D eigenvalue weighted by Crippen LogP contribution is 2.19. The van der Waals surface area contributed by atoms with Crippen LogP contribution in [0.1, 0.15) is 20.3 Å². The molecule has 2 aromatic rings. The van der Waals surface area contributed by atoms with Crippen LogP contribution >= 0.6 is 11.8 Å². The summed E-state index contributed by atoms with van der Waals surface area (Å²) >= 11 is 1.46. The van der Waals surface area contributed by atoms with Gasteiger partial charge in [-0.2, -0.15) is 0 Å². The summed E-state index contributed by atoms with van der Waals surface area (Å²) in [5, 5.41) is 4.88. The standard InChI is InChI=1S/C17H22N2O2S/c1-13(2)21-11-5-10-18-16(20)12-22-17-9-8-14-6-3-4-7-15(14)19-17/h3-4,6-9,13H,5,10-12H2,1-2H3,(H,18,20). The molecule has 1 N–H and O–H groups in total. The zero-order chi connectivity index (χ0) is 15.8. The van der Waals surface area contributed by atoms with Gasteiger partial charge in [-0.3, -0.25) is 4.79 Å². The lowest BCUT2D eigenvalue weighted by molar-refractivity contribution is -0.118. The van der Waals surface area contributed by atoms with Gasteiger partial charge < -0.3 is 10.1 Å². The minimum absolute atomic E-state index is 0.0319. The quantitative estimate of drug-likeness (QED) is 0.599. The van der Waals surface area contributed by atoms with Crippen LogP contribution in [0.3, 0.4) is 0 Å². The summed E-state index contributed by atoms with van der Waals surface area (Å²) in [6.07, 6.45) is 1.08. The molecule has 0 spiro atoms. The molecule has 0 atom stereocenters. The number of benzene rings is 1. The van der Waals surface area contributed by atoms with Gasteiger partial charge in [0.05, 0.1) is 22.4 Å². The van der Waals surface area contributed by atoms with Gasteiger partial charge in [0.15, 0.2) is 0 Å². The number of fused-ring (bicyclic) bond motifs is 1. The van der Waals surface area contributed by atoms with Gasteiger partial charge in [0, 0.05) is 18.5 Å². The van der Waals surface area contributed by atoms with Crippen LogP contribution < -0.4 is 5.32 Å². The number of hydrogen-bond acceptors (Lipinski definition) is 4. The van der Waals surface area contributed by atoms with Crippen LogP contribution in [0, 0.1) is 0 Å². The van der Waals surface area contributed by atoms with E-state index in [-0.39, 0.29) is 12.0 Å². The minimum Gasteiger partial charge on any atom is -0.379 e. The Morgan fingerprint density at radius 3 is 2.91 bits per heavy atom. The second kappa shape index (κ2) is 8.76. The van der Waals surface area contributed by atoms with E-state index in [9.17, 15) is 4.79 Å². The summed E-state index contributed by atoms with van der Waals surface area (Å²) in [7, 11) is 0. The molecule has 0 unspecified atom stereocenters. The molecule has 5 heteroatoms. The summed E-state index contributed by atoms with van der Waals surface area (Å²) in [5.74, 6) is 0.417. The van der Waals surface area contributed by atoms with E-state index in [1.165, 1.54) is 11.8 Å². The second-order valence-electron chi connectivity index (χ2n) is 5.25. The molecule has 1 amide bonds. The van der Waals surface area contributed by atoms with Crippen LogP contribution in [0.4, 0.5) is 0 Å². The predicted molar refractivity (Wildman–Crippen MR) is 91.2 cm³/mol. The third kappa shape index (κ3) is 5.66. The predicted octanol–water partition coefficient (Wildman–Crippen LogP) is 3.26. The van der Waals surface area contributed by atoms with Crippen molar-refractivity contribution in [1.29, 1.82) is 0 Å². The summed E-state index contributed by atoms with van der Waals surface area (Å²) in [6.45, 7) is 5.34. The molecule has 118 valence electrons. The van der Waals surface area contributed by atoms with Crippen LogP contribution in [0.15, 0.2) is 41.4 Å². The van der Waals surface area contributed by atoms with Gasteiger partial charge in [-0.25, -0.2) is 4.98 Å². The van der Waals surface area contributed by atoms with E-state index in [0.717, 1.165) is 22.3 Å². The Labute approximate surface area is 135 Å². The summed E-state index contributed by atoms with van der Waals surface area (Å²) < 4.78 is 5.43. The summed E-state index contributed by atoms with van der Waals surface area (Å²) in [6, 6.07) is 12.0. The topological polar surface area (TPSA) is 51.2 Å². The van der Waals surface area contributed by atoms with E-state index in [4.69, 9.17) is 4.74 Å². The second-order valence-corrected chi connectivity index (χ2v) is 6.25. The van der Waals surface area contributed by atoms with Gasteiger partial charge in [-0.1, -0.05) is 36.0 Å². The zero-order valence-electron chi connectivity index (χ0n) is 13.0. The normalized spacial score (nSPS) is 11.0. The molecule has 0 bridgehead atoms. The van der Waals surface area contributed by atoms with Crippen molar-refractivity contribution in [1.82, 2.24) is 10.3 Å². The number of para-hydroxylation sites is 1. The first-order valence-electron chi connectivity index (χ1n) is 7.52. The lowest BCUT2D eigenvalue weighted by Gasteiger charge is -2.08. The van der Waals surface area contributed by atoms with Gasteiger partial charge in [0.25, 0.3) is 0 Å².